The first-order valence-corrected chi connectivity index (χ1v) is 7.80. The molecule has 1 saturated heterocycles. The summed E-state index contributed by atoms with van der Waals surface area (Å²) in [7, 11) is 0. The number of carbonyl (C=O) groups excluding carboxylic acids is 1. The number of nitrogens with zero attached hydrogens (tertiary/aromatic N) is 2. The molecule has 1 aliphatic heterocycles. The molecule has 1 aliphatic carbocycles. The summed E-state index contributed by atoms with van der Waals surface area (Å²) in [5.41, 5.74) is 0. The fourth-order valence-electron chi connectivity index (χ4n) is 3.54. The van der Waals surface area contributed by atoms with Gasteiger partial charge >= 0.3 is 5.97 Å². The number of carbonyl (C=O) groups is 2. The van der Waals surface area contributed by atoms with Gasteiger partial charge in [0.2, 0.25) is 5.91 Å². The smallest absolute Gasteiger partial charge is 0.307 e. The van der Waals surface area contributed by atoms with Crippen LogP contribution in [0.3, 0.4) is 0 Å². The summed E-state index contributed by atoms with van der Waals surface area (Å²) >= 11 is 0. The van der Waals surface area contributed by atoms with Crippen molar-refractivity contribution >= 4 is 11.9 Å². The number of hydrogen-bond acceptors (Lipinski definition) is 3. The van der Waals surface area contributed by atoms with Crippen LogP contribution in [0.4, 0.5) is 0 Å². The molecule has 20 heavy (non-hydrogen) atoms. The molecule has 2 fully saturated rings. The average molecular weight is 282 g/mol. The van der Waals surface area contributed by atoms with E-state index in [1.165, 1.54) is 0 Å². The van der Waals surface area contributed by atoms with Gasteiger partial charge < -0.3 is 14.9 Å². The van der Waals surface area contributed by atoms with Crippen LogP contribution in [0, 0.1) is 17.8 Å². The Morgan fingerprint density at radius 1 is 1.05 bits per heavy atom. The van der Waals surface area contributed by atoms with Crippen LogP contribution in [0.2, 0.25) is 0 Å². The number of aliphatic carboxylic acids is 1. The molecule has 1 saturated carbocycles. The summed E-state index contributed by atoms with van der Waals surface area (Å²) < 4.78 is 0. The van der Waals surface area contributed by atoms with Crippen LogP contribution in [-0.4, -0.2) is 59.5 Å². The van der Waals surface area contributed by atoms with Crippen LogP contribution < -0.4 is 0 Å². The first-order chi connectivity index (χ1) is 9.56. The largest absolute Gasteiger partial charge is 0.481 e. The van der Waals surface area contributed by atoms with E-state index in [1.807, 2.05) is 4.90 Å². The zero-order chi connectivity index (χ0) is 14.7. The van der Waals surface area contributed by atoms with E-state index in [1.54, 1.807) is 0 Å². The van der Waals surface area contributed by atoms with Gasteiger partial charge in [0.25, 0.3) is 0 Å². The van der Waals surface area contributed by atoms with Gasteiger partial charge in [-0.2, -0.15) is 0 Å². The molecule has 2 aliphatic rings. The Morgan fingerprint density at radius 2 is 1.65 bits per heavy atom. The molecule has 0 spiro atoms. The Hall–Kier alpha value is -1.10. The molecule has 0 aromatic heterocycles. The van der Waals surface area contributed by atoms with E-state index >= 15 is 0 Å². The lowest BCUT2D eigenvalue weighted by molar-refractivity contribution is -0.149. The number of amides is 1. The van der Waals surface area contributed by atoms with E-state index in [4.69, 9.17) is 0 Å². The molecule has 0 aromatic carbocycles. The van der Waals surface area contributed by atoms with Crippen LogP contribution in [0.25, 0.3) is 0 Å². The minimum absolute atomic E-state index is 0.0732. The van der Waals surface area contributed by atoms with E-state index in [0.717, 1.165) is 45.6 Å². The molecule has 0 radical (unpaired) electrons. The highest BCUT2D eigenvalue weighted by molar-refractivity contribution is 5.85. The molecule has 1 unspecified atom stereocenters. The monoisotopic (exact) mass is 282 g/mol. The van der Waals surface area contributed by atoms with Gasteiger partial charge in [0.1, 0.15) is 0 Å². The molecule has 1 N–H and O–H groups in total. The molecule has 0 aromatic rings. The van der Waals surface area contributed by atoms with E-state index in [0.29, 0.717) is 12.3 Å². The zero-order valence-corrected chi connectivity index (χ0v) is 12.5. The number of hydrogen-bond donors (Lipinski definition) is 1. The number of rotatable bonds is 4. The van der Waals surface area contributed by atoms with Crippen molar-refractivity contribution in [2.75, 3.05) is 32.7 Å². The van der Waals surface area contributed by atoms with Crippen molar-refractivity contribution in [3.63, 3.8) is 0 Å². The van der Waals surface area contributed by atoms with E-state index < -0.39 is 11.9 Å². The standard InChI is InChI=1S/C15H26N2O3/c1-3-11-9-12(13(10-11)15(19)20)14(18)17-7-5-16(4-2)6-8-17/h11-13H,3-10H2,1-2H3,(H,19,20)/t11?,12-,13+/m0/s1. The molecule has 5 heteroatoms. The first-order valence-electron chi connectivity index (χ1n) is 7.80. The molecule has 0 bridgehead atoms. The number of carboxylic acids is 1. The summed E-state index contributed by atoms with van der Waals surface area (Å²) in [5.74, 6) is -1.11. The van der Waals surface area contributed by atoms with Crippen molar-refractivity contribution in [1.29, 1.82) is 0 Å². The Bertz CT molecular complexity index is 364. The molecule has 1 heterocycles. The maximum Gasteiger partial charge on any atom is 0.307 e. The second kappa shape index (κ2) is 6.57. The topological polar surface area (TPSA) is 60.9 Å². The third kappa shape index (κ3) is 3.14. The lowest BCUT2D eigenvalue weighted by Gasteiger charge is -2.36. The first kappa shape index (κ1) is 15.3. The van der Waals surface area contributed by atoms with E-state index in [2.05, 4.69) is 18.7 Å². The van der Waals surface area contributed by atoms with E-state index in [9.17, 15) is 14.7 Å². The van der Waals surface area contributed by atoms with Crippen LogP contribution in [0.15, 0.2) is 0 Å². The SMILES string of the molecule is CCC1C[C@H](C(=O)N2CCN(CC)CC2)[C@H](C(=O)O)C1. The lowest BCUT2D eigenvalue weighted by atomic mass is 9.94. The van der Waals surface area contributed by atoms with Crippen LogP contribution in [0.1, 0.15) is 33.1 Å². The van der Waals surface area contributed by atoms with Gasteiger partial charge in [-0.05, 0) is 25.3 Å². The van der Waals surface area contributed by atoms with Gasteiger partial charge in [0, 0.05) is 26.2 Å². The summed E-state index contributed by atoms with van der Waals surface area (Å²) in [6.07, 6.45) is 2.38. The summed E-state index contributed by atoms with van der Waals surface area (Å²) in [4.78, 5) is 28.2. The van der Waals surface area contributed by atoms with Gasteiger partial charge in [-0.15, -0.1) is 0 Å². The predicted octanol–water partition coefficient (Wildman–Crippen LogP) is 1.29. The third-order valence-corrected chi connectivity index (χ3v) is 5.00. The maximum absolute atomic E-state index is 12.6. The Kier molecular flexibility index (Phi) is 5.02. The number of likely N-dealkylation sites (N-methyl/N-ethyl adjacent to an activating group) is 1. The zero-order valence-electron chi connectivity index (χ0n) is 12.5. The van der Waals surface area contributed by atoms with Crippen LogP contribution >= 0.6 is 0 Å². The van der Waals surface area contributed by atoms with Crippen molar-refractivity contribution in [2.24, 2.45) is 17.8 Å². The average Bonchev–Trinajstić information content (AvgIpc) is 2.91. The van der Waals surface area contributed by atoms with Crippen molar-refractivity contribution < 1.29 is 14.7 Å². The Morgan fingerprint density at radius 3 is 2.15 bits per heavy atom. The van der Waals surface area contributed by atoms with Gasteiger partial charge in [0.15, 0.2) is 0 Å². The lowest BCUT2D eigenvalue weighted by Crippen LogP contribution is -2.50. The second-order valence-corrected chi connectivity index (χ2v) is 6.06. The maximum atomic E-state index is 12.6. The highest BCUT2D eigenvalue weighted by Crippen LogP contribution is 2.39. The van der Waals surface area contributed by atoms with Crippen molar-refractivity contribution in [2.45, 2.75) is 33.1 Å². The van der Waals surface area contributed by atoms with Crippen LogP contribution in [0.5, 0.6) is 0 Å². The van der Waals surface area contributed by atoms with Crippen molar-refractivity contribution in [3.05, 3.63) is 0 Å². The summed E-state index contributed by atoms with van der Waals surface area (Å²) in [5, 5.41) is 9.35. The molecule has 5 nitrogen and oxygen atoms in total. The van der Waals surface area contributed by atoms with Crippen molar-refractivity contribution in [1.82, 2.24) is 9.80 Å². The van der Waals surface area contributed by atoms with Gasteiger partial charge in [-0.25, -0.2) is 0 Å². The molecular weight excluding hydrogens is 256 g/mol. The van der Waals surface area contributed by atoms with Crippen LogP contribution in [-0.2, 0) is 9.59 Å². The van der Waals surface area contributed by atoms with Gasteiger partial charge in [-0.3, -0.25) is 9.59 Å². The molecule has 3 atom stereocenters. The summed E-state index contributed by atoms with van der Waals surface area (Å²) in [6.45, 7) is 8.52. The van der Waals surface area contributed by atoms with Gasteiger partial charge in [-0.1, -0.05) is 20.3 Å². The molecule has 2 rings (SSSR count). The minimum atomic E-state index is -0.800. The highest BCUT2D eigenvalue weighted by Gasteiger charge is 2.43. The van der Waals surface area contributed by atoms with Crippen molar-refractivity contribution in [3.8, 4) is 0 Å². The fourth-order valence-corrected chi connectivity index (χ4v) is 3.54. The van der Waals surface area contributed by atoms with E-state index in [-0.39, 0.29) is 11.8 Å². The summed E-state index contributed by atoms with van der Waals surface area (Å²) in [6, 6.07) is 0. The number of piperazine rings is 1. The minimum Gasteiger partial charge on any atom is -0.481 e. The second-order valence-electron chi connectivity index (χ2n) is 6.06. The third-order valence-electron chi connectivity index (χ3n) is 5.00. The Balaban J connectivity index is 1.99. The number of carboxylic acid groups (broad SMARTS) is 1. The Labute approximate surface area is 120 Å². The quantitative estimate of drug-likeness (QED) is 0.844. The molecule has 114 valence electrons. The fraction of sp³-hybridized carbons (Fsp3) is 0.867. The predicted molar refractivity (Wildman–Crippen MR) is 76.3 cm³/mol. The van der Waals surface area contributed by atoms with Gasteiger partial charge in [0.05, 0.1) is 11.8 Å². The molecular formula is C15H26N2O3. The highest BCUT2D eigenvalue weighted by atomic mass is 16.4. The molecule has 1 amide bonds. The normalized spacial score (nSPS) is 31.5.